The van der Waals surface area contributed by atoms with E-state index >= 15 is 0 Å². The summed E-state index contributed by atoms with van der Waals surface area (Å²) in [5.74, 6) is 0.802. The topological polar surface area (TPSA) is 0 Å². The van der Waals surface area contributed by atoms with Crippen molar-refractivity contribution in [1.29, 1.82) is 0 Å². The highest BCUT2D eigenvalue weighted by Crippen LogP contribution is 2.61. The molecule has 0 saturated carbocycles. The van der Waals surface area contributed by atoms with Crippen LogP contribution in [0.5, 0.6) is 0 Å². The number of hydrogen-bond donors (Lipinski definition) is 0. The Bertz CT molecular complexity index is 4330. The molecule has 4 unspecified atom stereocenters. The zero-order valence-corrected chi connectivity index (χ0v) is 45.5. The first-order valence-electron chi connectivity index (χ1n) is 28.9. The Kier molecular flexibility index (Phi) is 11.6. The fourth-order valence-electron chi connectivity index (χ4n) is 14.8. The summed E-state index contributed by atoms with van der Waals surface area (Å²) in [6.45, 7) is 4.75. The van der Waals surface area contributed by atoms with Gasteiger partial charge in [0.25, 0.3) is 0 Å². The molecule has 4 aliphatic rings. The van der Waals surface area contributed by atoms with Crippen molar-refractivity contribution in [3.05, 3.63) is 335 Å². The number of allylic oxidation sites excluding steroid dienone is 8. The Balaban J connectivity index is 0.802. The van der Waals surface area contributed by atoms with Gasteiger partial charge in [-0.1, -0.05) is 275 Å². The van der Waals surface area contributed by atoms with Gasteiger partial charge < -0.3 is 0 Å². The van der Waals surface area contributed by atoms with E-state index in [1.165, 1.54) is 127 Å². The maximum Gasteiger partial charge on any atom is 0.0488 e. The molecule has 0 aliphatic heterocycles. The Morgan fingerprint density at radius 2 is 1.06 bits per heavy atom. The maximum atomic E-state index is 2.61. The van der Waals surface area contributed by atoms with Crippen LogP contribution in [-0.4, -0.2) is 0 Å². The van der Waals surface area contributed by atoms with Crippen molar-refractivity contribution in [1.82, 2.24) is 0 Å². The molecule has 4 aliphatic carbocycles. The molecule has 0 amide bonds. The van der Waals surface area contributed by atoms with E-state index in [2.05, 4.69) is 299 Å². The third-order valence-electron chi connectivity index (χ3n) is 18.8. The minimum Gasteiger partial charge on any atom is -0.0839 e. The van der Waals surface area contributed by atoms with Gasteiger partial charge in [-0.3, -0.25) is 0 Å². The van der Waals surface area contributed by atoms with Crippen molar-refractivity contribution in [2.45, 2.75) is 55.8 Å². The molecule has 0 fully saturated rings. The summed E-state index contributed by atoms with van der Waals surface area (Å²) in [5.41, 5.74) is 25.0. The van der Waals surface area contributed by atoms with Gasteiger partial charge in [-0.05, 0) is 177 Å². The zero-order valence-electron chi connectivity index (χ0n) is 45.5. The molecule has 0 heteroatoms. The van der Waals surface area contributed by atoms with E-state index in [1.54, 1.807) is 0 Å². The molecule has 4 atom stereocenters. The van der Waals surface area contributed by atoms with E-state index < -0.39 is 0 Å². The summed E-state index contributed by atoms with van der Waals surface area (Å²) in [6.07, 6.45) is 19.4. The van der Waals surface area contributed by atoms with Gasteiger partial charge in [-0.15, -0.1) is 0 Å². The molecule has 0 bridgehead atoms. The Labute approximate surface area is 471 Å². The lowest BCUT2D eigenvalue weighted by atomic mass is 9.61. The molecular weight excluding hydrogens is 961 g/mol. The van der Waals surface area contributed by atoms with Crippen molar-refractivity contribution in [2.75, 3.05) is 0 Å². The van der Waals surface area contributed by atoms with E-state index in [0.717, 1.165) is 19.3 Å². The minimum atomic E-state index is -0.235. The standard InChI is InChI=1S/C80H62/c1-79(2)75-31-16-14-29-68(75)70-45-42-63(52-78(70)79)72-50-61-21-12-13-28-66(61)67-44-41-60(49-73(67)72)59-23-18-22-58(48-59)56-37-39-57(40-38-56)71(47-53-33-35-55(36-34-53)54-19-6-3-7-20-54)62-43-46-77-74(51-62)69-30-15-17-32-76(69)80(77,64-24-8-4-9-25-64)65-26-10-5-11-27-65/h3-26,28-29,31-46,48-52,65,69,71H,27,30,47H2,1-2H3. The molecule has 15 rings (SSSR count). The van der Waals surface area contributed by atoms with Crippen molar-refractivity contribution < 1.29 is 0 Å². The molecule has 0 N–H and O–H groups in total. The Morgan fingerprint density at radius 3 is 1.89 bits per heavy atom. The highest BCUT2D eigenvalue weighted by Gasteiger charge is 2.53. The Morgan fingerprint density at radius 1 is 0.412 bits per heavy atom. The highest BCUT2D eigenvalue weighted by molar-refractivity contribution is 6.15. The van der Waals surface area contributed by atoms with Crippen LogP contribution < -0.4 is 0 Å². The van der Waals surface area contributed by atoms with Crippen LogP contribution >= 0.6 is 0 Å². The van der Waals surface area contributed by atoms with E-state index in [1.807, 2.05) is 0 Å². The van der Waals surface area contributed by atoms with Gasteiger partial charge >= 0.3 is 0 Å². The third kappa shape index (κ3) is 7.87. The van der Waals surface area contributed by atoms with Crippen LogP contribution in [0, 0.1) is 5.92 Å². The normalized spacial score (nSPS) is 18.6. The molecular formula is C80H62. The van der Waals surface area contributed by atoms with Gasteiger partial charge in [0.2, 0.25) is 0 Å². The van der Waals surface area contributed by atoms with Crippen LogP contribution in [0.25, 0.3) is 77.2 Å². The van der Waals surface area contributed by atoms with Gasteiger partial charge in [0.05, 0.1) is 0 Å². The lowest BCUT2D eigenvalue weighted by Gasteiger charge is -2.41. The molecule has 0 aromatic heterocycles. The second kappa shape index (κ2) is 19.4. The smallest absolute Gasteiger partial charge is 0.0488 e. The average molecular weight is 1020 g/mol. The summed E-state index contributed by atoms with van der Waals surface area (Å²) in [5, 5.41) is 5.10. The van der Waals surface area contributed by atoms with Gasteiger partial charge in [0.1, 0.15) is 0 Å². The molecule has 0 radical (unpaired) electrons. The third-order valence-corrected chi connectivity index (χ3v) is 18.8. The summed E-state index contributed by atoms with van der Waals surface area (Å²) < 4.78 is 0. The fraction of sp³-hybridized carbons (Fsp3) is 0.125. The van der Waals surface area contributed by atoms with Crippen LogP contribution in [0.1, 0.15) is 83.0 Å². The predicted octanol–water partition coefficient (Wildman–Crippen LogP) is 20.7. The molecule has 382 valence electrons. The van der Waals surface area contributed by atoms with Crippen molar-refractivity contribution in [3.8, 4) is 55.6 Å². The Hall–Kier alpha value is -9.10. The number of hydrogen-bond acceptors (Lipinski definition) is 0. The first kappa shape index (κ1) is 48.1. The molecule has 0 saturated heterocycles. The molecule has 0 nitrogen and oxygen atoms in total. The molecule has 0 spiro atoms. The lowest BCUT2D eigenvalue weighted by molar-refractivity contribution is 0.440. The average Bonchev–Trinajstić information content (AvgIpc) is 4.14. The van der Waals surface area contributed by atoms with Gasteiger partial charge in [-0.25, -0.2) is 0 Å². The van der Waals surface area contributed by atoms with Gasteiger partial charge in [0.15, 0.2) is 0 Å². The number of fused-ring (bicyclic) bond motifs is 9. The van der Waals surface area contributed by atoms with E-state index in [0.29, 0.717) is 11.8 Å². The van der Waals surface area contributed by atoms with Crippen molar-refractivity contribution >= 4 is 21.5 Å². The lowest BCUT2D eigenvalue weighted by Crippen LogP contribution is -2.36. The zero-order chi connectivity index (χ0) is 53.4. The van der Waals surface area contributed by atoms with Crippen LogP contribution in [0.15, 0.2) is 291 Å². The maximum absolute atomic E-state index is 2.61. The van der Waals surface area contributed by atoms with Crippen LogP contribution in [0.2, 0.25) is 0 Å². The van der Waals surface area contributed by atoms with Crippen LogP contribution in [0.3, 0.4) is 0 Å². The molecule has 11 aromatic rings. The summed E-state index contributed by atoms with van der Waals surface area (Å²) in [4.78, 5) is 0. The number of benzene rings is 11. The van der Waals surface area contributed by atoms with E-state index in [-0.39, 0.29) is 16.7 Å². The van der Waals surface area contributed by atoms with Crippen LogP contribution in [-0.2, 0) is 17.3 Å². The van der Waals surface area contributed by atoms with Crippen molar-refractivity contribution in [3.63, 3.8) is 0 Å². The highest BCUT2D eigenvalue weighted by atomic mass is 14.5. The first-order valence-corrected chi connectivity index (χ1v) is 28.9. The minimum absolute atomic E-state index is 0.0774. The monoisotopic (exact) mass is 1020 g/mol. The first-order chi connectivity index (χ1) is 39.4. The SMILES string of the molecule is CC1(C)c2ccccc2-c2ccc(-c3cc4ccccc4c4ccc(-c5cccc(-c6ccc(C(Cc7ccc(-c8ccccc8)cc7)c7ccc8c(c7)C7CC=CC=C7C8(c7ccccc7)C7C=CC=CC7)cc6)c5)cc34)cc21. The molecule has 11 aromatic carbocycles. The number of rotatable bonds is 10. The largest absolute Gasteiger partial charge is 0.0839 e. The summed E-state index contributed by atoms with van der Waals surface area (Å²) in [6, 6.07) is 92.3. The van der Waals surface area contributed by atoms with Gasteiger partial charge in [0, 0.05) is 22.7 Å². The molecule has 80 heavy (non-hydrogen) atoms. The second-order valence-corrected chi connectivity index (χ2v) is 23.4. The predicted molar refractivity (Wildman–Crippen MR) is 337 cm³/mol. The summed E-state index contributed by atoms with van der Waals surface area (Å²) in [7, 11) is 0. The second-order valence-electron chi connectivity index (χ2n) is 23.4. The van der Waals surface area contributed by atoms with E-state index in [9.17, 15) is 0 Å². The quantitative estimate of drug-likeness (QED) is 0.120. The molecule has 0 heterocycles. The van der Waals surface area contributed by atoms with E-state index in [4.69, 9.17) is 0 Å². The summed E-state index contributed by atoms with van der Waals surface area (Å²) >= 11 is 0. The van der Waals surface area contributed by atoms with Crippen LogP contribution in [0.4, 0.5) is 0 Å². The van der Waals surface area contributed by atoms with Gasteiger partial charge in [-0.2, -0.15) is 0 Å². The van der Waals surface area contributed by atoms with Crippen molar-refractivity contribution in [2.24, 2.45) is 5.92 Å². The fourth-order valence-corrected chi connectivity index (χ4v) is 14.8.